The second-order valence-electron chi connectivity index (χ2n) is 5.24. The lowest BCUT2D eigenvalue weighted by molar-refractivity contribution is -0.385. The first-order valence-electron chi connectivity index (χ1n) is 7.01. The van der Waals surface area contributed by atoms with Crippen LogP contribution in [0.15, 0.2) is 42.5 Å². The van der Waals surface area contributed by atoms with Crippen molar-refractivity contribution < 1.29 is 27.3 Å². The van der Waals surface area contributed by atoms with Gasteiger partial charge in [0.1, 0.15) is 5.82 Å². The van der Waals surface area contributed by atoms with E-state index >= 15 is 0 Å². The van der Waals surface area contributed by atoms with Gasteiger partial charge in [0.05, 0.1) is 28.2 Å². The molecule has 0 aliphatic carbocycles. The highest BCUT2D eigenvalue weighted by atomic mass is 19.4. The first-order chi connectivity index (χ1) is 11.6. The normalized spacial score (nSPS) is 12.5. The fraction of sp³-hybridized carbons (Fsp3) is 0.188. The minimum absolute atomic E-state index is 0.186. The van der Waals surface area contributed by atoms with Crippen LogP contribution < -0.4 is 5.32 Å². The van der Waals surface area contributed by atoms with Crippen LogP contribution in [0.4, 0.5) is 23.2 Å². The molecule has 25 heavy (non-hydrogen) atoms. The molecule has 132 valence electrons. The summed E-state index contributed by atoms with van der Waals surface area (Å²) in [6.45, 7) is 1.44. The van der Waals surface area contributed by atoms with Crippen LogP contribution in [0.1, 0.15) is 34.5 Å². The average molecular weight is 356 g/mol. The first-order valence-corrected chi connectivity index (χ1v) is 7.01. The summed E-state index contributed by atoms with van der Waals surface area (Å²) in [5, 5.41) is 12.9. The van der Waals surface area contributed by atoms with Crippen molar-refractivity contribution in [2.75, 3.05) is 0 Å². The van der Waals surface area contributed by atoms with Crippen molar-refractivity contribution >= 4 is 11.6 Å². The zero-order valence-corrected chi connectivity index (χ0v) is 12.8. The van der Waals surface area contributed by atoms with Gasteiger partial charge in [-0.05, 0) is 30.7 Å². The van der Waals surface area contributed by atoms with Gasteiger partial charge in [0.15, 0.2) is 0 Å². The predicted octanol–water partition coefficient (Wildman–Crippen LogP) is 4.24. The summed E-state index contributed by atoms with van der Waals surface area (Å²) in [5.74, 6) is -1.99. The van der Waals surface area contributed by atoms with Crippen LogP contribution in [0.3, 0.4) is 0 Å². The Balaban J connectivity index is 2.19. The van der Waals surface area contributed by atoms with Gasteiger partial charge >= 0.3 is 6.18 Å². The van der Waals surface area contributed by atoms with Gasteiger partial charge in [-0.1, -0.05) is 12.1 Å². The van der Waals surface area contributed by atoms with E-state index in [-0.39, 0.29) is 5.56 Å². The van der Waals surface area contributed by atoms with Crippen molar-refractivity contribution in [1.29, 1.82) is 0 Å². The van der Waals surface area contributed by atoms with E-state index in [2.05, 4.69) is 5.32 Å². The van der Waals surface area contributed by atoms with Gasteiger partial charge in [-0.25, -0.2) is 4.39 Å². The van der Waals surface area contributed by atoms with Gasteiger partial charge in [0.25, 0.3) is 11.6 Å². The molecule has 0 aliphatic heterocycles. The number of nitro groups is 1. The van der Waals surface area contributed by atoms with Crippen LogP contribution in [-0.2, 0) is 6.18 Å². The molecule has 0 bridgehead atoms. The first kappa shape index (κ1) is 18.4. The lowest BCUT2D eigenvalue weighted by Crippen LogP contribution is -2.27. The number of halogens is 4. The summed E-state index contributed by atoms with van der Waals surface area (Å²) in [4.78, 5) is 21.8. The van der Waals surface area contributed by atoms with Gasteiger partial charge in [0, 0.05) is 6.07 Å². The van der Waals surface area contributed by atoms with Gasteiger partial charge in [-0.2, -0.15) is 13.2 Å². The van der Waals surface area contributed by atoms with Crippen LogP contribution in [-0.4, -0.2) is 10.8 Å². The number of carbonyl (C=O) groups excluding carboxylic acids is 1. The Morgan fingerprint density at radius 1 is 1.20 bits per heavy atom. The van der Waals surface area contributed by atoms with E-state index in [4.69, 9.17) is 0 Å². The number of hydrogen-bond donors (Lipinski definition) is 1. The van der Waals surface area contributed by atoms with Gasteiger partial charge < -0.3 is 5.32 Å². The summed E-state index contributed by atoms with van der Waals surface area (Å²) in [6.07, 6.45) is -4.52. The van der Waals surface area contributed by atoms with Crippen molar-refractivity contribution in [3.05, 3.63) is 75.1 Å². The molecule has 2 aromatic carbocycles. The molecule has 0 saturated carbocycles. The maximum Gasteiger partial charge on any atom is 0.416 e. The average Bonchev–Trinajstić information content (AvgIpc) is 2.53. The molecule has 0 aliphatic rings. The fourth-order valence-corrected chi connectivity index (χ4v) is 2.14. The second-order valence-corrected chi connectivity index (χ2v) is 5.24. The molecular weight excluding hydrogens is 344 g/mol. The van der Waals surface area contributed by atoms with Crippen molar-refractivity contribution in [3.63, 3.8) is 0 Å². The summed E-state index contributed by atoms with van der Waals surface area (Å²) in [5.41, 5.74) is -1.64. The summed E-state index contributed by atoms with van der Waals surface area (Å²) < 4.78 is 52.0. The van der Waals surface area contributed by atoms with E-state index in [0.717, 1.165) is 24.3 Å². The number of carbonyl (C=O) groups is 1. The maximum absolute atomic E-state index is 13.8. The number of hydrogen-bond acceptors (Lipinski definition) is 3. The van der Waals surface area contributed by atoms with Gasteiger partial charge in [-0.15, -0.1) is 0 Å². The van der Waals surface area contributed by atoms with Crippen LogP contribution in [0, 0.1) is 15.9 Å². The quantitative estimate of drug-likeness (QED) is 0.506. The molecule has 0 fully saturated rings. The van der Waals surface area contributed by atoms with E-state index in [1.54, 1.807) is 0 Å². The Morgan fingerprint density at radius 3 is 2.44 bits per heavy atom. The lowest BCUT2D eigenvalue weighted by atomic mass is 10.0. The molecule has 0 aromatic heterocycles. The van der Waals surface area contributed by atoms with Crippen molar-refractivity contribution in [2.24, 2.45) is 0 Å². The summed E-state index contributed by atoms with van der Waals surface area (Å²) >= 11 is 0. The third-order valence-corrected chi connectivity index (χ3v) is 3.47. The Morgan fingerprint density at radius 2 is 1.88 bits per heavy atom. The molecular formula is C16H12F4N2O3. The number of nitro benzene ring substituents is 1. The van der Waals surface area contributed by atoms with Gasteiger partial charge in [0.2, 0.25) is 0 Å². The zero-order valence-electron chi connectivity index (χ0n) is 12.8. The highest BCUT2D eigenvalue weighted by Gasteiger charge is 2.30. The Labute approximate surface area is 139 Å². The number of nitrogens with zero attached hydrogens (tertiary/aromatic N) is 1. The van der Waals surface area contributed by atoms with Crippen molar-refractivity contribution in [2.45, 2.75) is 19.1 Å². The molecule has 1 N–H and O–H groups in total. The molecule has 0 heterocycles. The van der Waals surface area contributed by atoms with Crippen LogP contribution in [0.5, 0.6) is 0 Å². The fourth-order valence-electron chi connectivity index (χ4n) is 2.14. The monoisotopic (exact) mass is 356 g/mol. The number of non-ortho nitro benzene ring substituents is 1. The van der Waals surface area contributed by atoms with E-state index in [1.807, 2.05) is 0 Å². The largest absolute Gasteiger partial charge is 0.416 e. The Hall–Kier alpha value is -2.97. The molecule has 0 spiro atoms. The van der Waals surface area contributed by atoms with Gasteiger partial charge in [-0.3, -0.25) is 14.9 Å². The second kappa shape index (κ2) is 6.88. The lowest BCUT2D eigenvalue weighted by Gasteiger charge is -2.16. The molecule has 2 aromatic rings. The molecule has 0 radical (unpaired) electrons. The number of rotatable bonds is 4. The molecule has 0 saturated heterocycles. The van der Waals surface area contributed by atoms with Crippen molar-refractivity contribution in [3.8, 4) is 0 Å². The standard InChI is InChI=1S/C16H12F4N2O3/c1-9(10-3-2-4-11(7-10)16(18,19)20)21-15(23)13-6-5-12(22(24)25)8-14(13)17/h2-9H,1H3,(H,21,23). The SMILES string of the molecule is CC(NC(=O)c1ccc([N+](=O)[O-])cc1F)c1cccc(C(F)(F)F)c1. The van der Waals surface area contributed by atoms with Crippen molar-refractivity contribution in [1.82, 2.24) is 5.32 Å². The van der Waals surface area contributed by atoms with E-state index < -0.39 is 45.7 Å². The molecule has 2 rings (SSSR count). The Kier molecular flexibility index (Phi) is 5.05. The summed E-state index contributed by atoms with van der Waals surface area (Å²) in [6, 6.07) is 6.06. The van der Waals surface area contributed by atoms with E-state index in [0.29, 0.717) is 6.07 Å². The van der Waals surface area contributed by atoms with Crippen LogP contribution >= 0.6 is 0 Å². The summed E-state index contributed by atoms with van der Waals surface area (Å²) in [7, 11) is 0. The predicted molar refractivity (Wildman–Crippen MR) is 80.4 cm³/mol. The highest BCUT2D eigenvalue weighted by Crippen LogP contribution is 2.30. The Bertz CT molecular complexity index is 821. The topological polar surface area (TPSA) is 72.2 Å². The molecule has 1 unspecified atom stereocenters. The minimum Gasteiger partial charge on any atom is -0.345 e. The molecule has 1 atom stereocenters. The van der Waals surface area contributed by atoms with Crippen LogP contribution in [0.2, 0.25) is 0 Å². The van der Waals surface area contributed by atoms with E-state index in [9.17, 15) is 32.5 Å². The molecule has 9 heteroatoms. The maximum atomic E-state index is 13.8. The molecule has 1 amide bonds. The highest BCUT2D eigenvalue weighted by molar-refractivity contribution is 5.95. The number of benzene rings is 2. The third kappa shape index (κ3) is 4.31. The minimum atomic E-state index is -4.52. The molecule has 5 nitrogen and oxygen atoms in total. The van der Waals surface area contributed by atoms with Crippen LogP contribution in [0.25, 0.3) is 0 Å². The number of alkyl halides is 3. The third-order valence-electron chi connectivity index (χ3n) is 3.47. The van der Waals surface area contributed by atoms with E-state index in [1.165, 1.54) is 19.1 Å². The smallest absolute Gasteiger partial charge is 0.345 e. The number of amides is 1. The zero-order chi connectivity index (χ0) is 18.8. The number of nitrogens with one attached hydrogen (secondary N) is 1.